The number of allylic oxidation sites excluding steroid dienone is 14. The maximum absolute atomic E-state index is 12.9. The van der Waals surface area contributed by atoms with E-state index in [9.17, 15) is 14.4 Å². The highest BCUT2D eigenvalue weighted by Gasteiger charge is 2.19. The van der Waals surface area contributed by atoms with Crippen LogP contribution in [0.5, 0.6) is 0 Å². The Labute approximate surface area is 445 Å². The van der Waals surface area contributed by atoms with E-state index in [1.165, 1.54) is 148 Å². The van der Waals surface area contributed by atoms with Gasteiger partial charge in [0, 0.05) is 19.3 Å². The summed E-state index contributed by atoms with van der Waals surface area (Å²) < 4.78 is 16.9. The summed E-state index contributed by atoms with van der Waals surface area (Å²) in [5, 5.41) is 0. The minimum Gasteiger partial charge on any atom is -0.462 e. The van der Waals surface area contributed by atoms with Gasteiger partial charge >= 0.3 is 17.9 Å². The van der Waals surface area contributed by atoms with Crippen molar-refractivity contribution < 1.29 is 28.6 Å². The van der Waals surface area contributed by atoms with Gasteiger partial charge in [-0.2, -0.15) is 0 Å². The molecule has 0 aliphatic heterocycles. The molecule has 1 unspecified atom stereocenters. The molecule has 414 valence electrons. The monoisotopic (exact) mass is 1000 g/mol. The molecule has 0 heterocycles. The number of carbonyl (C=O) groups excluding carboxylic acids is 3. The minimum absolute atomic E-state index is 0.0827. The van der Waals surface area contributed by atoms with Gasteiger partial charge in [0.25, 0.3) is 0 Å². The highest BCUT2D eigenvalue weighted by Crippen LogP contribution is 2.16. The molecule has 0 bridgehead atoms. The Bertz CT molecular complexity index is 1380. The van der Waals surface area contributed by atoms with E-state index in [1.807, 2.05) is 0 Å². The first kappa shape index (κ1) is 68.6. The van der Waals surface area contributed by atoms with Crippen LogP contribution >= 0.6 is 0 Å². The van der Waals surface area contributed by atoms with Crippen molar-refractivity contribution in [3.05, 3.63) is 85.1 Å². The first-order chi connectivity index (χ1) is 35.5. The number of hydrogen-bond acceptors (Lipinski definition) is 6. The van der Waals surface area contributed by atoms with Crippen LogP contribution in [0.1, 0.15) is 297 Å². The van der Waals surface area contributed by atoms with Crippen LogP contribution in [0, 0.1) is 0 Å². The Morgan fingerprint density at radius 1 is 0.292 bits per heavy atom. The normalized spacial score (nSPS) is 12.7. The number of unbranched alkanes of at least 4 members (excludes halogenated alkanes) is 30. The van der Waals surface area contributed by atoms with Crippen molar-refractivity contribution in [2.75, 3.05) is 13.2 Å². The van der Waals surface area contributed by atoms with Crippen LogP contribution in [0.3, 0.4) is 0 Å². The summed E-state index contributed by atoms with van der Waals surface area (Å²) in [6, 6.07) is 0. The Hall–Kier alpha value is -3.41. The SMILES string of the molecule is CC/C=C\C/C=C\C/C=C\C/C=C\C/C=C\CCCCCCCCCCCCCC(=O)OCC(COC(=O)CCCCCCC/C=C\CCCC)OC(=O)CCCCCCC/C=C\CCCCCCCCC. The van der Waals surface area contributed by atoms with Gasteiger partial charge in [0.1, 0.15) is 13.2 Å². The first-order valence-electron chi connectivity index (χ1n) is 30.6. The van der Waals surface area contributed by atoms with Gasteiger partial charge in [-0.25, -0.2) is 0 Å². The molecule has 0 aliphatic rings. The van der Waals surface area contributed by atoms with E-state index >= 15 is 0 Å². The molecule has 1 atom stereocenters. The lowest BCUT2D eigenvalue weighted by Crippen LogP contribution is -2.30. The lowest BCUT2D eigenvalue weighted by atomic mass is 10.0. The molecule has 0 aromatic rings. The third-order valence-corrected chi connectivity index (χ3v) is 13.1. The second-order valence-corrected chi connectivity index (χ2v) is 20.2. The predicted octanol–water partition coefficient (Wildman–Crippen LogP) is 20.7. The van der Waals surface area contributed by atoms with Gasteiger partial charge in [0.15, 0.2) is 6.10 Å². The quantitative estimate of drug-likeness (QED) is 0.0261. The van der Waals surface area contributed by atoms with Crippen molar-refractivity contribution in [1.82, 2.24) is 0 Å². The van der Waals surface area contributed by atoms with Crippen molar-refractivity contribution in [3.63, 3.8) is 0 Å². The van der Waals surface area contributed by atoms with Gasteiger partial charge < -0.3 is 14.2 Å². The topological polar surface area (TPSA) is 78.9 Å². The fraction of sp³-hybridized carbons (Fsp3) is 0.742. The molecule has 0 radical (unpaired) electrons. The average molecular weight is 1000 g/mol. The van der Waals surface area contributed by atoms with Crippen LogP contribution in [-0.2, 0) is 28.6 Å². The summed E-state index contributed by atoms with van der Waals surface area (Å²) in [7, 11) is 0. The van der Waals surface area contributed by atoms with E-state index in [0.717, 1.165) is 109 Å². The van der Waals surface area contributed by atoms with Crippen LogP contribution in [0.4, 0.5) is 0 Å². The smallest absolute Gasteiger partial charge is 0.306 e. The van der Waals surface area contributed by atoms with Gasteiger partial charge in [0.05, 0.1) is 0 Å². The highest BCUT2D eigenvalue weighted by molar-refractivity contribution is 5.71. The van der Waals surface area contributed by atoms with E-state index in [-0.39, 0.29) is 31.1 Å². The van der Waals surface area contributed by atoms with Crippen molar-refractivity contribution in [2.24, 2.45) is 0 Å². The van der Waals surface area contributed by atoms with Gasteiger partial charge in [0.2, 0.25) is 0 Å². The van der Waals surface area contributed by atoms with Crippen molar-refractivity contribution in [1.29, 1.82) is 0 Å². The van der Waals surface area contributed by atoms with Crippen molar-refractivity contribution in [3.8, 4) is 0 Å². The number of hydrogen-bond donors (Lipinski definition) is 0. The molecule has 0 aliphatic carbocycles. The predicted molar refractivity (Wildman–Crippen MR) is 311 cm³/mol. The third kappa shape index (κ3) is 57.5. The molecule has 0 rings (SSSR count). The number of carbonyl (C=O) groups is 3. The van der Waals surface area contributed by atoms with E-state index < -0.39 is 6.10 Å². The van der Waals surface area contributed by atoms with E-state index in [1.54, 1.807) is 0 Å². The highest BCUT2D eigenvalue weighted by atomic mass is 16.6. The van der Waals surface area contributed by atoms with Crippen LogP contribution in [0.25, 0.3) is 0 Å². The van der Waals surface area contributed by atoms with Crippen molar-refractivity contribution >= 4 is 17.9 Å². The average Bonchev–Trinajstić information content (AvgIpc) is 3.38. The van der Waals surface area contributed by atoms with Crippen LogP contribution in [0.15, 0.2) is 85.1 Å². The van der Waals surface area contributed by atoms with Gasteiger partial charge in [-0.3, -0.25) is 14.4 Å². The van der Waals surface area contributed by atoms with Gasteiger partial charge in [-0.05, 0) is 109 Å². The standard InChI is InChI=1S/C66H114O6/c1-4-7-10-13-16-19-22-24-26-28-29-30-31-32-33-34-35-36-37-38-40-41-44-47-50-53-56-59-65(68)71-62-63(61-70-64(67)58-55-52-49-46-43-21-18-15-12-9-6-3)72-66(69)60-57-54-51-48-45-42-39-27-25-23-20-17-14-11-8-5-2/h7,10,15-16,18-19,24,26-27,29-30,32-33,39,63H,4-6,8-9,11-14,17,20-23,25,28,31,34-38,40-62H2,1-3H3/b10-7-,18-15-,19-16-,26-24-,30-29-,33-32-,39-27-. The van der Waals surface area contributed by atoms with Crippen LogP contribution < -0.4 is 0 Å². The second kappa shape index (κ2) is 60.1. The summed E-state index contributed by atoms with van der Waals surface area (Å²) in [6.07, 6.45) is 78.7. The largest absolute Gasteiger partial charge is 0.462 e. The summed E-state index contributed by atoms with van der Waals surface area (Å²) in [4.78, 5) is 38.2. The molecular weight excluding hydrogens is 889 g/mol. The molecule has 0 aromatic heterocycles. The molecule has 0 aromatic carbocycles. The maximum Gasteiger partial charge on any atom is 0.306 e. The molecule has 72 heavy (non-hydrogen) atoms. The van der Waals surface area contributed by atoms with Crippen LogP contribution in [0.2, 0.25) is 0 Å². The lowest BCUT2D eigenvalue weighted by Gasteiger charge is -2.18. The summed E-state index contributed by atoms with van der Waals surface area (Å²) in [5.41, 5.74) is 0. The Balaban J connectivity index is 4.26. The zero-order valence-electron chi connectivity index (χ0n) is 47.4. The summed E-state index contributed by atoms with van der Waals surface area (Å²) in [6.45, 7) is 6.49. The zero-order chi connectivity index (χ0) is 52.2. The van der Waals surface area contributed by atoms with Gasteiger partial charge in [-0.1, -0.05) is 254 Å². The summed E-state index contributed by atoms with van der Waals surface area (Å²) in [5.74, 6) is -0.896. The molecule has 0 N–H and O–H groups in total. The maximum atomic E-state index is 12.9. The molecule has 0 saturated carbocycles. The zero-order valence-corrected chi connectivity index (χ0v) is 47.4. The fourth-order valence-electron chi connectivity index (χ4n) is 8.50. The van der Waals surface area contributed by atoms with Gasteiger partial charge in [-0.15, -0.1) is 0 Å². The molecule has 0 saturated heterocycles. The lowest BCUT2D eigenvalue weighted by molar-refractivity contribution is -0.167. The molecule has 0 spiro atoms. The molecule has 0 amide bonds. The van der Waals surface area contributed by atoms with E-state index in [0.29, 0.717) is 19.3 Å². The second-order valence-electron chi connectivity index (χ2n) is 20.2. The Morgan fingerprint density at radius 3 is 0.903 bits per heavy atom. The molecule has 0 fully saturated rings. The molecule has 6 heteroatoms. The molecule has 6 nitrogen and oxygen atoms in total. The number of ether oxygens (including phenoxy) is 3. The fourth-order valence-corrected chi connectivity index (χ4v) is 8.50. The minimum atomic E-state index is -0.785. The van der Waals surface area contributed by atoms with Crippen LogP contribution in [-0.4, -0.2) is 37.2 Å². The number of rotatable bonds is 55. The number of esters is 3. The van der Waals surface area contributed by atoms with Crippen molar-refractivity contribution in [2.45, 2.75) is 303 Å². The third-order valence-electron chi connectivity index (χ3n) is 13.1. The van der Waals surface area contributed by atoms with E-state index in [2.05, 4.69) is 106 Å². The van der Waals surface area contributed by atoms with E-state index in [4.69, 9.17) is 14.2 Å². The summed E-state index contributed by atoms with van der Waals surface area (Å²) >= 11 is 0. The Kier molecular flexibility index (Phi) is 57.3. The first-order valence-corrected chi connectivity index (χ1v) is 30.6. The Morgan fingerprint density at radius 2 is 0.556 bits per heavy atom. The molecular formula is C66H114O6.